The molecule has 4 rings (SSSR count). The lowest BCUT2D eigenvalue weighted by atomic mass is 10.0. The number of halogens is 1. The number of hydrogen-bond acceptors (Lipinski definition) is 6. The fourth-order valence-corrected chi connectivity index (χ4v) is 3.34. The highest BCUT2D eigenvalue weighted by atomic mass is 19.1. The summed E-state index contributed by atoms with van der Waals surface area (Å²) in [4.78, 5) is 28.1. The molecule has 1 amide bonds. The van der Waals surface area contributed by atoms with Gasteiger partial charge in [-0.25, -0.2) is 14.4 Å². The first kappa shape index (κ1) is 21.3. The van der Waals surface area contributed by atoms with Crippen LogP contribution < -0.4 is 0 Å². The van der Waals surface area contributed by atoms with Crippen molar-refractivity contribution in [1.82, 2.24) is 25.0 Å². The van der Waals surface area contributed by atoms with Gasteiger partial charge >= 0.3 is 0 Å². The maximum atomic E-state index is 13.4. The Balaban J connectivity index is 1.51. The van der Waals surface area contributed by atoms with Gasteiger partial charge in [0.15, 0.2) is 11.6 Å². The number of amides is 1. The Hall–Kier alpha value is -3.94. The maximum Gasteiger partial charge on any atom is 0.257 e. The van der Waals surface area contributed by atoms with Crippen LogP contribution in [0.5, 0.6) is 0 Å². The highest BCUT2D eigenvalue weighted by Gasteiger charge is 2.21. The van der Waals surface area contributed by atoms with E-state index < -0.39 is 0 Å². The molecule has 0 bridgehead atoms. The molecule has 2 aromatic heterocycles. The van der Waals surface area contributed by atoms with E-state index in [1.54, 1.807) is 35.5 Å². The summed E-state index contributed by atoms with van der Waals surface area (Å²) in [5, 5.41) is 3.99. The van der Waals surface area contributed by atoms with Crippen molar-refractivity contribution in [3.05, 3.63) is 83.7 Å². The second-order valence-corrected chi connectivity index (χ2v) is 7.28. The standard InChI is InChI=1S/C24H22FN5O2/c1-3-30(14-11-21-28-23(32-29-21)17-6-8-18(25)9-7-17)24(31)20-15-16(2)5-10-19(20)22-26-12-4-13-27-22/h4-10,12-13,15H,3,11,14H2,1-2H3. The molecule has 7 nitrogen and oxygen atoms in total. The van der Waals surface area contributed by atoms with Crippen molar-refractivity contribution in [2.24, 2.45) is 0 Å². The molecule has 0 N–H and O–H groups in total. The van der Waals surface area contributed by atoms with Gasteiger partial charge in [0.2, 0.25) is 0 Å². The maximum absolute atomic E-state index is 13.4. The van der Waals surface area contributed by atoms with Crippen LogP contribution in [-0.2, 0) is 6.42 Å². The zero-order chi connectivity index (χ0) is 22.5. The molecule has 0 aliphatic heterocycles. The van der Waals surface area contributed by atoms with Gasteiger partial charge in [-0.15, -0.1) is 0 Å². The molecule has 8 heteroatoms. The molecule has 0 aliphatic rings. The highest BCUT2D eigenvalue weighted by molar-refractivity contribution is 6.00. The number of aryl methyl sites for hydroxylation is 1. The minimum Gasteiger partial charge on any atom is -0.338 e. The second kappa shape index (κ2) is 9.47. The Morgan fingerprint density at radius 2 is 1.84 bits per heavy atom. The van der Waals surface area contributed by atoms with Gasteiger partial charge in [0.1, 0.15) is 5.82 Å². The number of aromatic nitrogens is 4. The van der Waals surface area contributed by atoms with Crippen LogP contribution in [0, 0.1) is 12.7 Å². The Morgan fingerprint density at radius 3 is 2.56 bits per heavy atom. The number of nitrogens with zero attached hydrogens (tertiary/aromatic N) is 5. The van der Waals surface area contributed by atoms with Gasteiger partial charge in [-0.05, 0) is 50.2 Å². The van der Waals surface area contributed by atoms with E-state index in [9.17, 15) is 9.18 Å². The molecular formula is C24H22FN5O2. The molecule has 162 valence electrons. The predicted octanol–water partition coefficient (Wildman–Crippen LogP) is 4.35. The van der Waals surface area contributed by atoms with E-state index in [1.807, 2.05) is 32.0 Å². The van der Waals surface area contributed by atoms with Crippen molar-refractivity contribution >= 4 is 5.91 Å². The molecule has 0 unspecified atom stereocenters. The molecule has 0 saturated carbocycles. The summed E-state index contributed by atoms with van der Waals surface area (Å²) in [6.45, 7) is 4.80. The summed E-state index contributed by atoms with van der Waals surface area (Å²) < 4.78 is 18.4. The van der Waals surface area contributed by atoms with E-state index in [0.29, 0.717) is 53.7 Å². The Morgan fingerprint density at radius 1 is 1.09 bits per heavy atom. The van der Waals surface area contributed by atoms with Crippen molar-refractivity contribution < 1.29 is 13.7 Å². The zero-order valence-electron chi connectivity index (χ0n) is 17.8. The van der Waals surface area contributed by atoms with Crippen molar-refractivity contribution in [2.75, 3.05) is 13.1 Å². The topological polar surface area (TPSA) is 85.0 Å². The second-order valence-electron chi connectivity index (χ2n) is 7.28. The lowest BCUT2D eigenvalue weighted by molar-refractivity contribution is 0.0766. The molecule has 0 saturated heterocycles. The lowest BCUT2D eigenvalue weighted by Crippen LogP contribution is -2.33. The van der Waals surface area contributed by atoms with Gasteiger partial charge < -0.3 is 9.42 Å². The molecular weight excluding hydrogens is 409 g/mol. The summed E-state index contributed by atoms with van der Waals surface area (Å²) >= 11 is 0. The van der Waals surface area contributed by atoms with Crippen LogP contribution >= 0.6 is 0 Å². The lowest BCUT2D eigenvalue weighted by Gasteiger charge is -2.21. The van der Waals surface area contributed by atoms with Crippen molar-refractivity contribution in [3.8, 4) is 22.8 Å². The number of likely N-dealkylation sites (N-methyl/N-ethyl adjacent to an activating group) is 1. The molecule has 0 atom stereocenters. The number of carbonyl (C=O) groups is 1. The molecule has 2 heterocycles. The van der Waals surface area contributed by atoms with E-state index in [-0.39, 0.29) is 11.7 Å². The van der Waals surface area contributed by atoms with E-state index in [1.165, 1.54) is 12.1 Å². The summed E-state index contributed by atoms with van der Waals surface area (Å²) in [5.41, 5.74) is 2.86. The van der Waals surface area contributed by atoms with E-state index in [0.717, 1.165) is 5.56 Å². The van der Waals surface area contributed by atoms with Crippen molar-refractivity contribution in [3.63, 3.8) is 0 Å². The molecule has 32 heavy (non-hydrogen) atoms. The molecule has 4 aromatic rings. The number of benzene rings is 2. The Labute approximate surface area is 185 Å². The van der Waals surface area contributed by atoms with E-state index >= 15 is 0 Å². The average molecular weight is 431 g/mol. The van der Waals surface area contributed by atoms with Gasteiger partial charge in [0.05, 0.1) is 5.56 Å². The molecule has 2 aromatic carbocycles. The molecule has 0 fully saturated rings. The normalized spacial score (nSPS) is 10.8. The molecule has 0 radical (unpaired) electrons. The van der Waals surface area contributed by atoms with E-state index in [2.05, 4.69) is 20.1 Å². The van der Waals surface area contributed by atoms with Gasteiger partial charge in [-0.3, -0.25) is 4.79 Å². The van der Waals surface area contributed by atoms with Crippen LogP contribution in [0.4, 0.5) is 4.39 Å². The largest absolute Gasteiger partial charge is 0.338 e. The van der Waals surface area contributed by atoms with Crippen LogP contribution in [0.3, 0.4) is 0 Å². The summed E-state index contributed by atoms with van der Waals surface area (Å²) in [7, 11) is 0. The van der Waals surface area contributed by atoms with Gasteiger partial charge in [-0.2, -0.15) is 4.98 Å². The van der Waals surface area contributed by atoms with Gasteiger partial charge in [-0.1, -0.05) is 22.9 Å². The smallest absolute Gasteiger partial charge is 0.257 e. The first-order valence-electron chi connectivity index (χ1n) is 10.3. The molecule has 0 aliphatic carbocycles. The summed E-state index contributed by atoms with van der Waals surface area (Å²) in [6, 6.07) is 13.3. The third-order valence-corrected chi connectivity index (χ3v) is 5.05. The fourth-order valence-electron chi connectivity index (χ4n) is 3.34. The minimum atomic E-state index is -0.331. The van der Waals surface area contributed by atoms with E-state index in [4.69, 9.17) is 4.52 Å². The third kappa shape index (κ3) is 4.69. The van der Waals surface area contributed by atoms with Gasteiger partial charge in [0.25, 0.3) is 11.8 Å². The fraction of sp³-hybridized carbons (Fsp3) is 0.208. The molecule has 0 spiro atoms. The number of rotatable bonds is 7. The quantitative estimate of drug-likeness (QED) is 0.433. The van der Waals surface area contributed by atoms with Crippen LogP contribution in [0.25, 0.3) is 22.8 Å². The van der Waals surface area contributed by atoms with Crippen LogP contribution in [0.1, 0.15) is 28.7 Å². The minimum absolute atomic E-state index is 0.110. The van der Waals surface area contributed by atoms with Crippen LogP contribution in [-0.4, -0.2) is 44.0 Å². The Bertz CT molecular complexity index is 1210. The Kier molecular flexibility index (Phi) is 6.30. The number of carbonyl (C=O) groups excluding carboxylic acids is 1. The highest BCUT2D eigenvalue weighted by Crippen LogP contribution is 2.23. The van der Waals surface area contributed by atoms with Crippen molar-refractivity contribution in [1.29, 1.82) is 0 Å². The zero-order valence-corrected chi connectivity index (χ0v) is 17.8. The summed E-state index contributed by atoms with van der Waals surface area (Å²) in [5.74, 6) is 0.861. The van der Waals surface area contributed by atoms with Crippen molar-refractivity contribution in [2.45, 2.75) is 20.3 Å². The first-order valence-corrected chi connectivity index (χ1v) is 10.3. The predicted molar refractivity (Wildman–Crippen MR) is 117 cm³/mol. The SMILES string of the molecule is CCN(CCc1noc(-c2ccc(F)cc2)n1)C(=O)c1cc(C)ccc1-c1ncccn1. The number of hydrogen-bond donors (Lipinski definition) is 0. The third-order valence-electron chi connectivity index (χ3n) is 5.05. The van der Waals surface area contributed by atoms with Gasteiger partial charge in [0, 0.05) is 43.0 Å². The first-order chi connectivity index (χ1) is 15.5. The average Bonchev–Trinajstić information content (AvgIpc) is 3.29. The monoisotopic (exact) mass is 431 g/mol. The van der Waals surface area contributed by atoms with Crippen LogP contribution in [0.2, 0.25) is 0 Å². The summed E-state index contributed by atoms with van der Waals surface area (Å²) in [6.07, 6.45) is 3.74. The van der Waals surface area contributed by atoms with Crippen LogP contribution in [0.15, 0.2) is 65.4 Å².